The Bertz CT molecular complexity index is 705. The molecular formula is C16H20N2O8S. The van der Waals surface area contributed by atoms with Crippen molar-refractivity contribution in [3.8, 4) is 0 Å². The van der Waals surface area contributed by atoms with Crippen LogP contribution in [0.2, 0.25) is 0 Å². The van der Waals surface area contributed by atoms with E-state index in [0.717, 1.165) is 4.90 Å². The van der Waals surface area contributed by atoms with Crippen LogP contribution in [0.15, 0.2) is 11.3 Å². The van der Waals surface area contributed by atoms with Crippen molar-refractivity contribution >= 4 is 41.5 Å². The minimum absolute atomic E-state index is 0.0280. The van der Waals surface area contributed by atoms with Crippen molar-refractivity contribution in [1.82, 2.24) is 10.2 Å². The van der Waals surface area contributed by atoms with Gasteiger partial charge in [0.15, 0.2) is 0 Å². The molecular weight excluding hydrogens is 380 g/mol. The van der Waals surface area contributed by atoms with E-state index in [9.17, 15) is 29.1 Å². The summed E-state index contributed by atoms with van der Waals surface area (Å²) in [5.41, 5.74) is 0.114. The number of nitrogens with zero attached hydrogens (tertiary/aromatic N) is 1. The first-order chi connectivity index (χ1) is 12.7. The Kier molecular flexibility index (Phi) is 6.83. The fourth-order valence-electron chi connectivity index (χ4n) is 2.79. The largest absolute Gasteiger partial charge is 0.481 e. The van der Waals surface area contributed by atoms with Gasteiger partial charge in [0.05, 0.1) is 0 Å². The van der Waals surface area contributed by atoms with Gasteiger partial charge in [-0.05, 0) is 12.8 Å². The van der Waals surface area contributed by atoms with Crippen LogP contribution in [0.25, 0.3) is 0 Å². The van der Waals surface area contributed by atoms with Crippen molar-refractivity contribution in [3.05, 3.63) is 11.3 Å². The molecule has 1 unspecified atom stereocenters. The smallest absolute Gasteiger partial charge is 0.352 e. The van der Waals surface area contributed by atoms with Gasteiger partial charge in [-0.15, -0.1) is 11.8 Å². The Morgan fingerprint density at radius 1 is 1.22 bits per heavy atom. The summed E-state index contributed by atoms with van der Waals surface area (Å²) in [5, 5.41) is 20.0. The van der Waals surface area contributed by atoms with E-state index in [2.05, 4.69) is 5.32 Å². The number of carbonyl (C=O) groups excluding carboxylic acids is 3. The number of amides is 2. The van der Waals surface area contributed by atoms with Crippen molar-refractivity contribution in [3.63, 3.8) is 0 Å². The van der Waals surface area contributed by atoms with Gasteiger partial charge < -0.3 is 20.3 Å². The molecule has 0 aliphatic carbocycles. The number of β-lactam (4-membered cyclic amide) rings is 1. The van der Waals surface area contributed by atoms with Crippen molar-refractivity contribution < 1.29 is 38.9 Å². The monoisotopic (exact) mass is 400 g/mol. The maximum Gasteiger partial charge on any atom is 0.352 e. The predicted molar refractivity (Wildman–Crippen MR) is 92.4 cm³/mol. The van der Waals surface area contributed by atoms with E-state index >= 15 is 0 Å². The van der Waals surface area contributed by atoms with Crippen molar-refractivity contribution in [2.45, 2.75) is 44.0 Å². The number of hydrogen-bond acceptors (Lipinski definition) is 7. The standard InChI is InChI=1S/C16H20N2O8S/c1-8(19)26-6-9-7-27-15-12(14(23)18(15)13(9)16(24)25)17-10(20)4-2-3-5-11(21)22/h12,15H,2-7H2,1H3,(H,17,20)(H,21,22)(H,24,25)/t12?,15-/m1/s1. The van der Waals surface area contributed by atoms with Crippen molar-refractivity contribution in [1.29, 1.82) is 0 Å². The van der Waals surface area contributed by atoms with Gasteiger partial charge in [-0.2, -0.15) is 0 Å². The normalized spacial score (nSPS) is 21.2. The van der Waals surface area contributed by atoms with Gasteiger partial charge in [-0.1, -0.05) is 0 Å². The van der Waals surface area contributed by atoms with E-state index < -0.39 is 35.2 Å². The lowest BCUT2D eigenvalue weighted by atomic mass is 10.0. The zero-order chi connectivity index (χ0) is 20.1. The number of unbranched alkanes of at least 4 members (excludes halogenated alkanes) is 1. The molecule has 2 atom stereocenters. The van der Waals surface area contributed by atoms with Crippen LogP contribution in [0.3, 0.4) is 0 Å². The quantitative estimate of drug-likeness (QED) is 0.274. The Morgan fingerprint density at radius 2 is 1.89 bits per heavy atom. The number of ether oxygens (including phenoxy) is 1. The first-order valence-electron chi connectivity index (χ1n) is 8.27. The molecule has 0 radical (unpaired) electrons. The molecule has 1 fully saturated rings. The molecule has 10 nitrogen and oxygen atoms in total. The summed E-state index contributed by atoms with van der Waals surface area (Å²) in [6.07, 6.45) is 0.804. The number of rotatable bonds is 9. The number of aliphatic carboxylic acids is 2. The topological polar surface area (TPSA) is 150 Å². The van der Waals surface area contributed by atoms with Gasteiger partial charge in [-0.3, -0.25) is 24.1 Å². The Hall–Kier alpha value is -2.56. The average Bonchev–Trinajstić information content (AvgIpc) is 2.60. The molecule has 0 saturated carbocycles. The highest BCUT2D eigenvalue weighted by Gasteiger charge is 2.54. The minimum Gasteiger partial charge on any atom is -0.481 e. The fourth-order valence-corrected chi connectivity index (χ4v) is 4.12. The highest BCUT2D eigenvalue weighted by molar-refractivity contribution is 8.00. The third-order valence-electron chi connectivity index (χ3n) is 4.06. The average molecular weight is 400 g/mol. The predicted octanol–water partition coefficient (Wildman–Crippen LogP) is -0.0669. The van der Waals surface area contributed by atoms with Gasteiger partial charge in [0.25, 0.3) is 5.91 Å². The maximum atomic E-state index is 12.4. The molecule has 2 aliphatic heterocycles. The highest BCUT2D eigenvalue weighted by Crippen LogP contribution is 2.40. The van der Waals surface area contributed by atoms with Gasteiger partial charge in [-0.25, -0.2) is 4.79 Å². The van der Waals surface area contributed by atoms with Gasteiger partial charge in [0, 0.05) is 31.1 Å². The molecule has 11 heteroatoms. The molecule has 27 heavy (non-hydrogen) atoms. The van der Waals surface area contributed by atoms with Gasteiger partial charge in [0.1, 0.15) is 23.7 Å². The fraction of sp³-hybridized carbons (Fsp3) is 0.562. The van der Waals surface area contributed by atoms with Gasteiger partial charge >= 0.3 is 17.9 Å². The van der Waals surface area contributed by atoms with Crippen LogP contribution in [0.1, 0.15) is 32.6 Å². The molecule has 0 aromatic heterocycles. The Balaban J connectivity index is 1.96. The molecule has 0 aromatic carbocycles. The second kappa shape index (κ2) is 8.89. The Labute approximate surface area is 158 Å². The maximum absolute atomic E-state index is 12.4. The number of esters is 1. The molecule has 148 valence electrons. The van der Waals surface area contributed by atoms with E-state index in [-0.39, 0.29) is 36.8 Å². The summed E-state index contributed by atoms with van der Waals surface area (Å²) in [4.78, 5) is 58.4. The van der Waals surface area contributed by atoms with Crippen molar-refractivity contribution in [2.75, 3.05) is 12.4 Å². The lowest BCUT2D eigenvalue weighted by Gasteiger charge is -2.49. The lowest BCUT2D eigenvalue weighted by Crippen LogP contribution is -2.70. The first kappa shape index (κ1) is 20.7. The molecule has 0 spiro atoms. The van der Waals surface area contributed by atoms with Crippen LogP contribution in [-0.2, 0) is 28.7 Å². The zero-order valence-corrected chi connectivity index (χ0v) is 15.4. The summed E-state index contributed by atoms with van der Waals surface area (Å²) >= 11 is 1.28. The van der Waals surface area contributed by atoms with Crippen LogP contribution in [-0.4, -0.2) is 68.6 Å². The third-order valence-corrected chi connectivity index (χ3v) is 5.40. The molecule has 2 heterocycles. The molecule has 1 saturated heterocycles. The van der Waals surface area contributed by atoms with E-state index in [4.69, 9.17) is 9.84 Å². The molecule has 3 N–H and O–H groups in total. The molecule has 0 bridgehead atoms. The van der Waals surface area contributed by atoms with Gasteiger partial charge in [0.2, 0.25) is 5.91 Å². The zero-order valence-electron chi connectivity index (χ0n) is 14.6. The number of nitrogens with one attached hydrogen (secondary N) is 1. The van der Waals surface area contributed by atoms with E-state index in [1.54, 1.807) is 0 Å². The Morgan fingerprint density at radius 3 is 2.48 bits per heavy atom. The first-order valence-corrected chi connectivity index (χ1v) is 9.31. The lowest BCUT2D eigenvalue weighted by molar-refractivity contribution is -0.151. The van der Waals surface area contributed by atoms with Crippen LogP contribution in [0, 0.1) is 0 Å². The number of thioether (sulfide) groups is 1. The SMILES string of the molecule is CC(=O)OCC1=C(C(=O)O)N2C(=O)C(NC(=O)CCCCC(=O)O)[C@H]2SC1. The molecule has 2 amide bonds. The van der Waals surface area contributed by atoms with E-state index in [1.165, 1.54) is 18.7 Å². The molecule has 0 aromatic rings. The van der Waals surface area contributed by atoms with Crippen molar-refractivity contribution in [2.24, 2.45) is 0 Å². The number of hydrogen-bond donors (Lipinski definition) is 3. The summed E-state index contributed by atoms with van der Waals surface area (Å²) in [7, 11) is 0. The summed E-state index contributed by atoms with van der Waals surface area (Å²) in [5.74, 6) is -3.45. The number of carboxylic acid groups (broad SMARTS) is 2. The van der Waals surface area contributed by atoms with Crippen LogP contribution in [0.4, 0.5) is 0 Å². The number of carboxylic acids is 2. The minimum atomic E-state index is -1.30. The van der Waals surface area contributed by atoms with E-state index in [1.807, 2.05) is 0 Å². The van der Waals surface area contributed by atoms with E-state index in [0.29, 0.717) is 18.4 Å². The number of carbonyl (C=O) groups is 5. The number of fused-ring (bicyclic) bond motifs is 1. The van der Waals surface area contributed by atoms with Crippen LogP contribution >= 0.6 is 11.8 Å². The summed E-state index contributed by atoms with van der Waals surface area (Å²) in [6.45, 7) is 0.998. The molecule has 2 aliphatic rings. The molecule has 2 rings (SSSR count). The highest BCUT2D eigenvalue weighted by atomic mass is 32.2. The van der Waals surface area contributed by atoms with Crippen LogP contribution < -0.4 is 5.32 Å². The third kappa shape index (κ3) is 5.00. The van der Waals surface area contributed by atoms with Crippen LogP contribution in [0.5, 0.6) is 0 Å². The second-order valence-electron chi connectivity index (χ2n) is 6.09. The second-order valence-corrected chi connectivity index (χ2v) is 7.20. The summed E-state index contributed by atoms with van der Waals surface area (Å²) in [6, 6.07) is -0.827. The summed E-state index contributed by atoms with van der Waals surface area (Å²) < 4.78 is 4.84.